The van der Waals surface area contributed by atoms with Crippen molar-refractivity contribution in [3.05, 3.63) is 16.1 Å². The fourth-order valence-electron chi connectivity index (χ4n) is 1.84. The molecule has 7 nitrogen and oxygen atoms in total. The zero-order valence-corrected chi connectivity index (χ0v) is 13.4. The minimum Gasteiger partial charge on any atom is -0.476 e. The molecule has 0 fully saturated rings. The molecule has 21 heavy (non-hydrogen) atoms. The van der Waals surface area contributed by atoms with E-state index in [1.165, 1.54) is 16.7 Å². The van der Waals surface area contributed by atoms with Gasteiger partial charge in [0.25, 0.3) is 0 Å². The first-order valence-electron chi connectivity index (χ1n) is 6.90. The lowest BCUT2D eigenvalue weighted by atomic mass is 10.3. The molecule has 0 bridgehead atoms. The zero-order valence-electron chi connectivity index (χ0n) is 12.5. The van der Waals surface area contributed by atoms with Gasteiger partial charge in [-0.15, -0.1) is 11.3 Å². The molecule has 0 saturated heterocycles. The maximum Gasteiger partial charge on any atom is 0.355 e. The molecule has 1 aromatic heterocycles. The van der Waals surface area contributed by atoms with Crippen LogP contribution >= 0.6 is 11.3 Å². The maximum absolute atomic E-state index is 11.7. The average Bonchev–Trinajstić information content (AvgIpc) is 2.91. The molecule has 3 N–H and O–H groups in total. The standard InChI is InChI=1S/C13H22N4O3S/c1-4-17(5-2)7-9(3)15-13(20)14-6-11-16-10(8-21-11)12(18)19/h8-9H,4-7H2,1-3H3,(H,18,19)(H2,14,15,20). The number of hydrogen-bond acceptors (Lipinski definition) is 5. The largest absolute Gasteiger partial charge is 0.476 e. The lowest BCUT2D eigenvalue weighted by Crippen LogP contribution is -2.45. The van der Waals surface area contributed by atoms with E-state index in [1.807, 2.05) is 6.92 Å². The van der Waals surface area contributed by atoms with E-state index >= 15 is 0 Å². The first kappa shape index (κ1) is 17.4. The first-order chi connectivity index (χ1) is 9.96. The van der Waals surface area contributed by atoms with Crippen LogP contribution in [0.15, 0.2) is 5.38 Å². The smallest absolute Gasteiger partial charge is 0.355 e. The monoisotopic (exact) mass is 314 g/mol. The molecule has 0 aliphatic rings. The van der Waals surface area contributed by atoms with Gasteiger partial charge in [-0.1, -0.05) is 13.8 Å². The molecule has 118 valence electrons. The number of amides is 2. The normalized spacial score (nSPS) is 12.2. The van der Waals surface area contributed by atoms with Gasteiger partial charge in [-0.2, -0.15) is 0 Å². The molecule has 2 amide bonds. The number of aromatic nitrogens is 1. The zero-order chi connectivity index (χ0) is 15.8. The predicted octanol–water partition coefficient (Wildman–Crippen LogP) is 1.37. The fourth-order valence-corrected chi connectivity index (χ4v) is 2.54. The number of carboxylic acid groups (broad SMARTS) is 1. The molecular weight excluding hydrogens is 292 g/mol. The number of aromatic carboxylic acids is 1. The van der Waals surface area contributed by atoms with Gasteiger partial charge in [0.05, 0.1) is 6.54 Å². The summed E-state index contributed by atoms with van der Waals surface area (Å²) in [6.45, 7) is 9.02. The molecule has 0 aliphatic carbocycles. The summed E-state index contributed by atoms with van der Waals surface area (Å²) in [4.78, 5) is 28.6. The lowest BCUT2D eigenvalue weighted by Gasteiger charge is -2.23. The van der Waals surface area contributed by atoms with E-state index in [1.54, 1.807) is 0 Å². The van der Waals surface area contributed by atoms with Crippen molar-refractivity contribution in [1.29, 1.82) is 0 Å². The predicted molar refractivity (Wildman–Crippen MR) is 81.7 cm³/mol. The number of nitrogens with zero attached hydrogens (tertiary/aromatic N) is 2. The van der Waals surface area contributed by atoms with Crippen LogP contribution in [0.2, 0.25) is 0 Å². The number of thiazole rings is 1. The second-order valence-electron chi connectivity index (χ2n) is 4.65. The van der Waals surface area contributed by atoms with Crippen LogP contribution in [0.1, 0.15) is 36.3 Å². The Bertz CT molecular complexity index is 474. The summed E-state index contributed by atoms with van der Waals surface area (Å²) in [5, 5.41) is 16.3. The highest BCUT2D eigenvalue weighted by atomic mass is 32.1. The molecular formula is C13H22N4O3S. The third-order valence-electron chi connectivity index (χ3n) is 2.98. The molecule has 0 spiro atoms. The van der Waals surface area contributed by atoms with Gasteiger partial charge >= 0.3 is 12.0 Å². The maximum atomic E-state index is 11.7. The van der Waals surface area contributed by atoms with Gasteiger partial charge in [-0.25, -0.2) is 14.6 Å². The van der Waals surface area contributed by atoms with Crippen LogP contribution in [-0.4, -0.2) is 52.7 Å². The Morgan fingerprint density at radius 2 is 2.10 bits per heavy atom. The summed E-state index contributed by atoms with van der Waals surface area (Å²) < 4.78 is 0. The topological polar surface area (TPSA) is 94.6 Å². The first-order valence-corrected chi connectivity index (χ1v) is 7.78. The van der Waals surface area contributed by atoms with E-state index in [0.717, 1.165) is 19.6 Å². The Kier molecular flexibility index (Phi) is 7.10. The highest BCUT2D eigenvalue weighted by molar-refractivity contribution is 7.09. The van der Waals surface area contributed by atoms with Crippen molar-refractivity contribution in [2.24, 2.45) is 0 Å². The average molecular weight is 314 g/mol. The quantitative estimate of drug-likeness (QED) is 0.674. The Balaban J connectivity index is 2.34. The molecule has 1 atom stereocenters. The van der Waals surface area contributed by atoms with Crippen molar-refractivity contribution in [3.8, 4) is 0 Å². The number of carboxylic acids is 1. The van der Waals surface area contributed by atoms with E-state index in [0.29, 0.717) is 5.01 Å². The number of carbonyl (C=O) groups excluding carboxylic acids is 1. The number of urea groups is 1. The Labute approximate surface area is 128 Å². The van der Waals surface area contributed by atoms with Crippen LogP contribution in [0, 0.1) is 0 Å². The number of carbonyl (C=O) groups is 2. The molecule has 0 saturated carbocycles. The third kappa shape index (κ3) is 6.09. The summed E-state index contributed by atoms with van der Waals surface area (Å²) in [6, 6.07) is -0.238. The van der Waals surface area contributed by atoms with Crippen molar-refractivity contribution < 1.29 is 14.7 Å². The molecule has 1 rings (SSSR count). The molecule has 0 radical (unpaired) electrons. The minimum atomic E-state index is -1.06. The number of nitrogens with one attached hydrogen (secondary N) is 2. The van der Waals surface area contributed by atoms with Crippen molar-refractivity contribution in [3.63, 3.8) is 0 Å². The number of likely N-dealkylation sites (N-methyl/N-ethyl adjacent to an activating group) is 1. The van der Waals surface area contributed by atoms with E-state index in [2.05, 4.69) is 34.4 Å². The van der Waals surface area contributed by atoms with Gasteiger partial charge in [-0.05, 0) is 20.0 Å². The van der Waals surface area contributed by atoms with E-state index in [4.69, 9.17) is 5.11 Å². The summed E-state index contributed by atoms with van der Waals surface area (Å²) in [5.41, 5.74) is 0.00658. The summed E-state index contributed by atoms with van der Waals surface area (Å²) in [7, 11) is 0. The summed E-state index contributed by atoms with van der Waals surface area (Å²) in [6.07, 6.45) is 0. The molecule has 1 heterocycles. The Morgan fingerprint density at radius 1 is 1.43 bits per heavy atom. The number of rotatable bonds is 8. The molecule has 0 aromatic carbocycles. The summed E-state index contributed by atoms with van der Waals surface area (Å²) >= 11 is 1.21. The van der Waals surface area contributed by atoms with Crippen molar-refractivity contribution >= 4 is 23.3 Å². The van der Waals surface area contributed by atoms with Crippen molar-refractivity contribution in [2.75, 3.05) is 19.6 Å². The van der Waals surface area contributed by atoms with Crippen LogP contribution < -0.4 is 10.6 Å². The van der Waals surface area contributed by atoms with E-state index in [9.17, 15) is 9.59 Å². The van der Waals surface area contributed by atoms with Gasteiger partial charge in [0.1, 0.15) is 5.01 Å². The Morgan fingerprint density at radius 3 is 2.62 bits per heavy atom. The highest BCUT2D eigenvalue weighted by Gasteiger charge is 2.12. The molecule has 0 aliphatic heterocycles. The second-order valence-corrected chi connectivity index (χ2v) is 5.59. The van der Waals surface area contributed by atoms with Crippen molar-refractivity contribution in [1.82, 2.24) is 20.5 Å². The van der Waals surface area contributed by atoms with Crippen LogP contribution in [0.25, 0.3) is 0 Å². The highest BCUT2D eigenvalue weighted by Crippen LogP contribution is 2.09. The van der Waals surface area contributed by atoms with Gasteiger partial charge in [-0.3, -0.25) is 0 Å². The van der Waals surface area contributed by atoms with Crippen LogP contribution in [0.4, 0.5) is 4.79 Å². The lowest BCUT2D eigenvalue weighted by molar-refractivity contribution is 0.0691. The van der Waals surface area contributed by atoms with Gasteiger partial charge < -0.3 is 20.6 Å². The SMILES string of the molecule is CCN(CC)CC(C)NC(=O)NCc1nc(C(=O)O)cs1. The Hall–Kier alpha value is -1.67. The molecule has 1 unspecified atom stereocenters. The third-order valence-corrected chi connectivity index (χ3v) is 3.82. The van der Waals surface area contributed by atoms with Crippen molar-refractivity contribution in [2.45, 2.75) is 33.4 Å². The van der Waals surface area contributed by atoms with Crippen LogP contribution in [0.5, 0.6) is 0 Å². The number of hydrogen-bond donors (Lipinski definition) is 3. The molecule has 8 heteroatoms. The minimum absolute atomic E-state index is 0.00658. The second kappa shape index (κ2) is 8.58. The van der Waals surface area contributed by atoms with Crippen LogP contribution in [0.3, 0.4) is 0 Å². The van der Waals surface area contributed by atoms with Gasteiger partial charge in [0.2, 0.25) is 0 Å². The van der Waals surface area contributed by atoms with Gasteiger partial charge in [0.15, 0.2) is 5.69 Å². The van der Waals surface area contributed by atoms with Crippen LogP contribution in [-0.2, 0) is 6.54 Å². The van der Waals surface area contributed by atoms with Gasteiger partial charge in [0, 0.05) is 18.0 Å². The van der Waals surface area contributed by atoms with E-state index < -0.39 is 5.97 Å². The molecule has 1 aromatic rings. The fraction of sp³-hybridized carbons (Fsp3) is 0.615. The van der Waals surface area contributed by atoms with E-state index in [-0.39, 0.29) is 24.3 Å². The summed E-state index contributed by atoms with van der Waals surface area (Å²) in [5.74, 6) is -1.06.